The summed E-state index contributed by atoms with van der Waals surface area (Å²) in [5, 5.41) is 28.2. The molecule has 0 unspecified atom stereocenters. The van der Waals surface area contributed by atoms with Crippen LogP contribution in [-0.4, -0.2) is 49.8 Å². The van der Waals surface area contributed by atoms with Crippen LogP contribution in [0.4, 0.5) is 0 Å². The highest BCUT2D eigenvalue weighted by Gasteiger charge is 2.44. The van der Waals surface area contributed by atoms with Gasteiger partial charge in [-0.05, 0) is 6.92 Å². The molecule has 1 fully saturated rings. The summed E-state index contributed by atoms with van der Waals surface area (Å²) in [6, 6.07) is 1.18. The van der Waals surface area contributed by atoms with Crippen LogP contribution in [0.1, 0.15) is 11.9 Å². The van der Waals surface area contributed by atoms with Crippen LogP contribution in [0, 0.1) is 6.92 Å². The third-order valence-corrected chi connectivity index (χ3v) is 2.87. The Bertz CT molecular complexity index is 519. The Morgan fingerprint density at radius 1 is 1.39 bits per heavy atom. The van der Waals surface area contributed by atoms with Gasteiger partial charge in [0, 0.05) is 11.8 Å². The number of nitrogens with one attached hydrogen (secondary N) is 1. The molecule has 4 N–H and O–H groups in total. The van der Waals surface area contributed by atoms with E-state index in [1.807, 2.05) is 0 Å². The third-order valence-electron chi connectivity index (χ3n) is 2.87. The minimum absolute atomic E-state index is 0.382. The van der Waals surface area contributed by atoms with E-state index in [0.29, 0.717) is 10.3 Å². The van der Waals surface area contributed by atoms with Crippen LogP contribution >= 0.6 is 0 Å². The van der Waals surface area contributed by atoms with Crippen LogP contribution in [0.2, 0.25) is 0 Å². The molecule has 100 valence electrons. The van der Waals surface area contributed by atoms with Crippen molar-refractivity contribution in [2.24, 2.45) is 0 Å². The molecule has 2 rings (SSSR count). The fourth-order valence-electron chi connectivity index (χ4n) is 1.95. The molecule has 2 heterocycles. The number of aromatic amines is 1. The number of nitrogens with zero attached hydrogens (tertiary/aromatic N) is 1. The minimum atomic E-state index is -1.45. The predicted octanol–water partition coefficient (Wildman–Crippen LogP) is -2.54. The van der Waals surface area contributed by atoms with E-state index < -0.39 is 42.4 Å². The van der Waals surface area contributed by atoms with Crippen LogP contribution in [0.25, 0.3) is 0 Å². The van der Waals surface area contributed by atoms with E-state index in [9.17, 15) is 19.8 Å². The van der Waals surface area contributed by atoms with Gasteiger partial charge < -0.3 is 25.0 Å². The molecule has 1 aliphatic heterocycles. The number of rotatable bonds is 2. The maximum Gasteiger partial charge on any atom is 0.330 e. The first-order chi connectivity index (χ1) is 8.45. The molecule has 0 aliphatic carbocycles. The number of aliphatic hydroxyl groups excluding tert-OH is 3. The van der Waals surface area contributed by atoms with Gasteiger partial charge in [-0.3, -0.25) is 4.79 Å². The van der Waals surface area contributed by atoms with Gasteiger partial charge in [-0.1, -0.05) is 0 Å². The zero-order valence-electron chi connectivity index (χ0n) is 9.61. The Balaban J connectivity index is 2.45. The van der Waals surface area contributed by atoms with E-state index >= 15 is 0 Å². The largest absolute Gasteiger partial charge is 0.394 e. The van der Waals surface area contributed by atoms with Crippen molar-refractivity contribution in [1.29, 1.82) is 0 Å². The average molecular weight is 258 g/mol. The molecule has 4 atom stereocenters. The number of aliphatic hydroxyl groups is 3. The maximum atomic E-state index is 11.7. The van der Waals surface area contributed by atoms with Crippen molar-refractivity contribution in [2.75, 3.05) is 6.61 Å². The van der Waals surface area contributed by atoms with E-state index in [-0.39, 0.29) is 0 Å². The predicted molar refractivity (Wildman–Crippen MR) is 59.1 cm³/mol. The molecular weight excluding hydrogens is 244 g/mol. The Hall–Kier alpha value is -1.48. The second kappa shape index (κ2) is 4.65. The summed E-state index contributed by atoms with van der Waals surface area (Å²) in [5.41, 5.74) is -1.01. The lowest BCUT2D eigenvalue weighted by Crippen LogP contribution is -2.42. The van der Waals surface area contributed by atoms with Gasteiger partial charge in [0.1, 0.15) is 18.3 Å². The molecule has 0 saturated carbocycles. The van der Waals surface area contributed by atoms with E-state index in [0.717, 1.165) is 0 Å². The molecule has 1 aromatic rings. The molecule has 8 heteroatoms. The lowest BCUT2D eigenvalue weighted by atomic mass is 10.1. The topological polar surface area (TPSA) is 125 Å². The molecule has 1 aliphatic rings. The quantitative estimate of drug-likeness (QED) is 0.463. The fraction of sp³-hybridized carbons (Fsp3) is 0.600. The Labute approximate surface area is 101 Å². The van der Waals surface area contributed by atoms with Crippen LogP contribution in [-0.2, 0) is 4.74 Å². The van der Waals surface area contributed by atoms with Crippen molar-refractivity contribution in [3.05, 3.63) is 32.6 Å². The smallest absolute Gasteiger partial charge is 0.330 e. The number of H-pyrrole nitrogens is 1. The maximum absolute atomic E-state index is 11.7. The molecule has 1 aromatic heterocycles. The van der Waals surface area contributed by atoms with E-state index in [2.05, 4.69) is 4.98 Å². The number of aryl methyl sites for hydroxylation is 1. The van der Waals surface area contributed by atoms with Crippen LogP contribution in [0.3, 0.4) is 0 Å². The number of hydrogen-bond acceptors (Lipinski definition) is 6. The molecule has 0 radical (unpaired) electrons. The van der Waals surface area contributed by atoms with Gasteiger partial charge in [-0.2, -0.15) is 0 Å². The lowest BCUT2D eigenvalue weighted by Gasteiger charge is -2.16. The summed E-state index contributed by atoms with van der Waals surface area (Å²) in [6.45, 7) is 1.03. The standard InChI is InChI=1S/C10H14N2O6/c1-4-2-6(14)12(10(17)11-4)9-8(16)7(15)5(3-13)18-9/h2,5,7-9,13,15-16H,3H2,1H3,(H,11,17)/t5-,7+,8-,9-/m1/s1. The summed E-state index contributed by atoms with van der Waals surface area (Å²) in [6.07, 6.45) is -5.15. The summed E-state index contributed by atoms with van der Waals surface area (Å²) in [4.78, 5) is 25.8. The van der Waals surface area contributed by atoms with Crippen molar-refractivity contribution in [3.63, 3.8) is 0 Å². The van der Waals surface area contributed by atoms with Crippen molar-refractivity contribution < 1.29 is 20.1 Å². The summed E-state index contributed by atoms with van der Waals surface area (Å²) in [7, 11) is 0. The molecule has 0 spiro atoms. The number of hydrogen-bond donors (Lipinski definition) is 4. The number of ether oxygens (including phenoxy) is 1. The van der Waals surface area contributed by atoms with Gasteiger partial charge in [-0.25, -0.2) is 9.36 Å². The fourth-order valence-corrected chi connectivity index (χ4v) is 1.95. The van der Waals surface area contributed by atoms with Crippen molar-refractivity contribution in [2.45, 2.75) is 31.5 Å². The summed E-state index contributed by atoms with van der Waals surface area (Å²) < 4.78 is 5.79. The van der Waals surface area contributed by atoms with Crippen LogP contribution in [0.15, 0.2) is 15.7 Å². The van der Waals surface area contributed by atoms with Crippen molar-refractivity contribution in [1.82, 2.24) is 9.55 Å². The highest BCUT2D eigenvalue weighted by molar-refractivity contribution is 4.99. The third kappa shape index (κ3) is 1.99. The Morgan fingerprint density at radius 3 is 2.56 bits per heavy atom. The van der Waals surface area contributed by atoms with Gasteiger partial charge >= 0.3 is 5.69 Å². The molecular formula is C10H14N2O6. The average Bonchev–Trinajstić information content (AvgIpc) is 2.56. The molecule has 0 bridgehead atoms. The van der Waals surface area contributed by atoms with Gasteiger partial charge in [0.25, 0.3) is 5.56 Å². The molecule has 8 nitrogen and oxygen atoms in total. The number of aromatic nitrogens is 2. The van der Waals surface area contributed by atoms with Crippen molar-refractivity contribution in [3.8, 4) is 0 Å². The lowest BCUT2D eigenvalue weighted by molar-refractivity contribution is -0.0565. The second-order valence-corrected chi connectivity index (χ2v) is 4.19. The van der Waals surface area contributed by atoms with Crippen LogP contribution < -0.4 is 11.2 Å². The minimum Gasteiger partial charge on any atom is -0.394 e. The summed E-state index contributed by atoms with van der Waals surface area (Å²) >= 11 is 0. The van der Waals surface area contributed by atoms with E-state index in [1.165, 1.54) is 6.07 Å². The Kier molecular flexibility index (Phi) is 3.35. The van der Waals surface area contributed by atoms with E-state index in [4.69, 9.17) is 9.84 Å². The monoisotopic (exact) mass is 258 g/mol. The zero-order chi connectivity index (χ0) is 13.4. The van der Waals surface area contributed by atoms with Gasteiger partial charge in [0.05, 0.1) is 6.61 Å². The molecule has 1 saturated heterocycles. The first-order valence-electron chi connectivity index (χ1n) is 5.40. The van der Waals surface area contributed by atoms with Gasteiger partial charge in [-0.15, -0.1) is 0 Å². The highest BCUT2D eigenvalue weighted by atomic mass is 16.6. The van der Waals surface area contributed by atoms with Crippen molar-refractivity contribution >= 4 is 0 Å². The normalized spacial score (nSPS) is 31.8. The second-order valence-electron chi connectivity index (χ2n) is 4.19. The van der Waals surface area contributed by atoms with Crippen LogP contribution in [0.5, 0.6) is 0 Å². The van der Waals surface area contributed by atoms with Gasteiger partial charge in [0.2, 0.25) is 0 Å². The highest BCUT2D eigenvalue weighted by Crippen LogP contribution is 2.27. The SMILES string of the molecule is Cc1cc(=O)n([C@@H]2O[C@H](CO)[C@H](O)[C@H]2O)c(=O)[nH]1. The first kappa shape index (κ1) is 13.0. The molecule has 0 aromatic carbocycles. The van der Waals surface area contributed by atoms with E-state index in [1.54, 1.807) is 6.92 Å². The zero-order valence-corrected chi connectivity index (χ0v) is 9.61. The van der Waals surface area contributed by atoms with Gasteiger partial charge in [0.15, 0.2) is 6.23 Å². The molecule has 0 amide bonds. The summed E-state index contributed by atoms with van der Waals surface area (Å²) in [5.74, 6) is 0. The molecule has 18 heavy (non-hydrogen) atoms. The first-order valence-corrected chi connectivity index (χ1v) is 5.40. The Morgan fingerprint density at radius 2 is 2.06 bits per heavy atom.